The maximum absolute atomic E-state index is 12.9. The van der Waals surface area contributed by atoms with Crippen LogP contribution >= 0.6 is 0 Å². The number of hydrogen-bond donors (Lipinski definition) is 1. The molecule has 1 heterocycles. The number of hydrogen-bond acceptors (Lipinski definition) is 4. The molecule has 0 fully saturated rings. The zero-order chi connectivity index (χ0) is 14.7. The number of anilines is 1. The second kappa shape index (κ2) is 5.43. The fraction of sp³-hybridized carbons (Fsp3) is 0.0769. The van der Waals surface area contributed by atoms with Gasteiger partial charge in [0.15, 0.2) is 0 Å². The van der Waals surface area contributed by atoms with Gasteiger partial charge in [-0.05, 0) is 30.7 Å². The number of nitro groups is 1. The maximum atomic E-state index is 12.9. The second-order valence-corrected chi connectivity index (χ2v) is 4.08. The molecular weight excluding hydrogens is 265 g/mol. The van der Waals surface area contributed by atoms with E-state index < -0.39 is 16.8 Å². The van der Waals surface area contributed by atoms with Gasteiger partial charge in [0.25, 0.3) is 11.6 Å². The van der Waals surface area contributed by atoms with Crippen molar-refractivity contribution in [3.05, 3.63) is 63.6 Å². The minimum atomic E-state index is -0.749. The van der Waals surface area contributed by atoms with Crippen molar-refractivity contribution in [2.75, 3.05) is 5.32 Å². The van der Waals surface area contributed by atoms with E-state index in [-0.39, 0.29) is 17.1 Å². The molecule has 7 heteroatoms. The lowest BCUT2D eigenvalue weighted by atomic mass is 10.1. The smallest absolute Gasteiger partial charge is 0.282 e. The molecule has 2 rings (SSSR count). The molecule has 2 aromatic rings. The molecule has 0 unspecified atom stereocenters. The van der Waals surface area contributed by atoms with Crippen molar-refractivity contribution in [3.63, 3.8) is 0 Å². The second-order valence-electron chi connectivity index (χ2n) is 4.08. The van der Waals surface area contributed by atoms with E-state index >= 15 is 0 Å². The third kappa shape index (κ3) is 2.94. The average molecular weight is 275 g/mol. The van der Waals surface area contributed by atoms with Crippen molar-refractivity contribution in [3.8, 4) is 0 Å². The molecule has 0 saturated carbocycles. The normalized spacial score (nSPS) is 10.1. The summed E-state index contributed by atoms with van der Waals surface area (Å²) in [5.41, 5.74) is 0.290. The van der Waals surface area contributed by atoms with Crippen LogP contribution in [0.5, 0.6) is 0 Å². The Balaban J connectivity index is 2.34. The van der Waals surface area contributed by atoms with Crippen LogP contribution in [0.15, 0.2) is 36.4 Å². The van der Waals surface area contributed by atoms with Crippen LogP contribution in [0.3, 0.4) is 0 Å². The summed E-state index contributed by atoms with van der Waals surface area (Å²) in [6, 6.07) is 8.08. The van der Waals surface area contributed by atoms with Gasteiger partial charge in [0.2, 0.25) is 5.95 Å². The number of rotatable bonds is 3. The maximum Gasteiger partial charge on any atom is 0.282 e. The highest BCUT2D eigenvalue weighted by Crippen LogP contribution is 2.21. The molecule has 102 valence electrons. The highest BCUT2D eigenvalue weighted by atomic mass is 19.1. The van der Waals surface area contributed by atoms with E-state index in [4.69, 9.17) is 0 Å². The molecule has 0 radical (unpaired) electrons. The number of aromatic nitrogens is 1. The Morgan fingerprint density at radius 3 is 2.75 bits per heavy atom. The number of carbonyl (C=O) groups is 1. The van der Waals surface area contributed by atoms with E-state index in [9.17, 15) is 19.3 Å². The summed E-state index contributed by atoms with van der Waals surface area (Å²) in [5, 5.41) is 13.2. The van der Waals surface area contributed by atoms with Gasteiger partial charge in [-0.25, -0.2) is 4.98 Å². The number of benzene rings is 1. The van der Waals surface area contributed by atoms with Crippen LogP contribution in [0.25, 0.3) is 0 Å². The average Bonchev–Trinajstić information content (AvgIpc) is 2.38. The molecule has 20 heavy (non-hydrogen) atoms. The molecule has 0 aliphatic rings. The molecular formula is C13H10FN3O3. The fourth-order valence-corrected chi connectivity index (χ4v) is 1.65. The summed E-state index contributed by atoms with van der Waals surface area (Å²) < 4.78 is 12.9. The number of amides is 1. The van der Waals surface area contributed by atoms with Gasteiger partial charge in [-0.3, -0.25) is 14.9 Å². The Morgan fingerprint density at radius 2 is 2.10 bits per heavy atom. The fourth-order valence-electron chi connectivity index (χ4n) is 1.65. The van der Waals surface area contributed by atoms with Crippen molar-refractivity contribution in [1.29, 1.82) is 0 Å². The number of pyridine rings is 1. The lowest BCUT2D eigenvalue weighted by molar-refractivity contribution is -0.385. The van der Waals surface area contributed by atoms with Gasteiger partial charge in [0, 0.05) is 6.07 Å². The molecule has 0 atom stereocenters. The summed E-state index contributed by atoms with van der Waals surface area (Å²) >= 11 is 0. The van der Waals surface area contributed by atoms with E-state index in [1.165, 1.54) is 30.3 Å². The Morgan fingerprint density at radius 1 is 1.35 bits per heavy atom. The predicted molar refractivity (Wildman–Crippen MR) is 70.0 cm³/mol. The first-order valence-electron chi connectivity index (χ1n) is 5.66. The van der Waals surface area contributed by atoms with Crippen LogP contribution < -0.4 is 5.32 Å². The third-order valence-electron chi connectivity index (χ3n) is 2.55. The van der Waals surface area contributed by atoms with Gasteiger partial charge in [-0.2, -0.15) is 4.39 Å². The number of nitro benzene ring substituents is 1. The monoisotopic (exact) mass is 275 g/mol. The van der Waals surface area contributed by atoms with Crippen LogP contribution in [-0.4, -0.2) is 15.8 Å². The predicted octanol–water partition coefficient (Wildman–Crippen LogP) is 2.69. The van der Waals surface area contributed by atoms with Crippen LogP contribution in [0, 0.1) is 23.0 Å². The van der Waals surface area contributed by atoms with Crippen LogP contribution in [0.4, 0.5) is 15.9 Å². The van der Waals surface area contributed by atoms with Crippen molar-refractivity contribution in [2.24, 2.45) is 0 Å². The van der Waals surface area contributed by atoms with E-state index in [1.807, 2.05) is 0 Å². The highest BCUT2D eigenvalue weighted by Gasteiger charge is 2.20. The zero-order valence-electron chi connectivity index (χ0n) is 10.5. The Hall–Kier alpha value is -2.83. The third-order valence-corrected chi connectivity index (χ3v) is 2.55. The van der Waals surface area contributed by atoms with Gasteiger partial charge in [-0.1, -0.05) is 12.1 Å². The first kappa shape index (κ1) is 13.6. The Bertz CT molecular complexity index is 688. The molecule has 0 saturated heterocycles. The number of halogens is 1. The van der Waals surface area contributed by atoms with E-state index in [2.05, 4.69) is 10.3 Å². The van der Waals surface area contributed by atoms with Gasteiger partial charge in [-0.15, -0.1) is 0 Å². The Labute approximate surface area is 113 Å². The van der Waals surface area contributed by atoms with Crippen LogP contribution in [0.2, 0.25) is 0 Å². The minimum Gasteiger partial charge on any atom is -0.306 e. The first-order valence-corrected chi connectivity index (χ1v) is 5.66. The molecule has 0 aliphatic heterocycles. The topological polar surface area (TPSA) is 85.1 Å². The van der Waals surface area contributed by atoms with Crippen LogP contribution in [-0.2, 0) is 0 Å². The SMILES string of the molecule is Cc1ccc([N+](=O)[O-])c(C(=O)Nc2cccc(F)n2)c1. The molecule has 1 amide bonds. The summed E-state index contributed by atoms with van der Waals surface area (Å²) in [6.45, 7) is 1.71. The van der Waals surface area contributed by atoms with Crippen molar-refractivity contribution >= 4 is 17.4 Å². The van der Waals surface area contributed by atoms with Gasteiger partial charge in [0.1, 0.15) is 11.4 Å². The molecule has 1 aromatic heterocycles. The number of carbonyl (C=O) groups excluding carboxylic acids is 1. The van der Waals surface area contributed by atoms with E-state index in [0.717, 1.165) is 6.07 Å². The quantitative estimate of drug-likeness (QED) is 0.530. The van der Waals surface area contributed by atoms with Crippen LogP contribution in [0.1, 0.15) is 15.9 Å². The minimum absolute atomic E-state index is 0.00851. The highest BCUT2D eigenvalue weighted by molar-refractivity contribution is 6.06. The molecule has 0 spiro atoms. The molecule has 0 aliphatic carbocycles. The zero-order valence-corrected chi connectivity index (χ0v) is 10.5. The molecule has 1 aromatic carbocycles. The first-order chi connectivity index (χ1) is 9.47. The number of nitrogens with one attached hydrogen (secondary N) is 1. The Kier molecular flexibility index (Phi) is 3.69. The van der Waals surface area contributed by atoms with Crippen molar-refractivity contribution in [2.45, 2.75) is 6.92 Å². The van der Waals surface area contributed by atoms with Gasteiger partial charge >= 0.3 is 0 Å². The number of nitrogens with zero attached hydrogens (tertiary/aromatic N) is 2. The van der Waals surface area contributed by atoms with E-state index in [0.29, 0.717) is 5.56 Å². The standard InChI is InChI=1S/C13H10FN3O3/c1-8-5-6-10(17(19)20)9(7-8)13(18)16-12-4-2-3-11(14)15-12/h2-7H,1H3,(H,15,16,18). The lowest BCUT2D eigenvalue weighted by Crippen LogP contribution is -2.15. The summed E-state index contributed by atoms with van der Waals surface area (Å²) in [4.78, 5) is 25.7. The lowest BCUT2D eigenvalue weighted by Gasteiger charge is -2.06. The summed E-state index contributed by atoms with van der Waals surface area (Å²) in [5.74, 6) is -1.47. The molecule has 0 bridgehead atoms. The van der Waals surface area contributed by atoms with Crippen molar-refractivity contribution in [1.82, 2.24) is 4.98 Å². The summed E-state index contributed by atoms with van der Waals surface area (Å²) in [7, 11) is 0. The largest absolute Gasteiger partial charge is 0.306 e. The number of aryl methyl sites for hydroxylation is 1. The summed E-state index contributed by atoms with van der Waals surface area (Å²) in [6.07, 6.45) is 0. The van der Waals surface area contributed by atoms with Crippen molar-refractivity contribution < 1.29 is 14.1 Å². The van der Waals surface area contributed by atoms with Gasteiger partial charge in [0.05, 0.1) is 4.92 Å². The van der Waals surface area contributed by atoms with E-state index in [1.54, 1.807) is 6.92 Å². The molecule has 1 N–H and O–H groups in total. The molecule has 6 nitrogen and oxygen atoms in total. The van der Waals surface area contributed by atoms with Gasteiger partial charge < -0.3 is 5.32 Å².